The summed E-state index contributed by atoms with van der Waals surface area (Å²) in [5.74, 6) is -1.35. The van der Waals surface area contributed by atoms with Crippen molar-refractivity contribution >= 4 is 23.2 Å². The van der Waals surface area contributed by atoms with Gasteiger partial charge in [-0.2, -0.15) is 0 Å². The number of carbonyl (C=O) groups is 2. The van der Waals surface area contributed by atoms with Crippen LogP contribution >= 0.6 is 11.3 Å². The molecule has 2 atom stereocenters. The van der Waals surface area contributed by atoms with E-state index in [0.717, 1.165) is 30.7 Å². The zero-order chi connectivity index (χ0) is 14.1. The number of hydrogen-bond donors (Lipinski definition) is 2. The molecular weight excluding hydrogens is 278 g/mol. The Balaban J connectivity index is 1.59. The summed E-state index contributed by atoms with van der Waals surface area (Å²) < 4.78 is 0. The second-order valence-corrected chi connectivity index (χ2v) is 6.23. The number of thiazole rings is 1. The molecule has 7 heteroatoms. The molecule has 2 fully saturated rings. The first-order valence-corrected chi connectivity index (χ1v) is 7.75. The number of rotatable bonds is 3. The lowest BCUT2D eigenvalue weighted by Gasteiger charge is -2.34. The molecule has 1 aromatic rings. The van der Waals surface area contributed by atoms with Gasteiger partial charge in [0.15, 0.2) is 0 Å². The van der Waals surface area contributed by atoms with E-state index < -0.39 is 5.97 Å². The Hall–Kier alpha value is -1.47. The highest BCUT2D eigenvalue weighted by atomic mass is 32.1. The number of nitrogens with zero attached hydrogens (tertiary/aromatic N) is 2. The van der Waals surface area contributed by atoms with Crippen LogP contribution in [0.15, 0.2) is 5.38 Å². The minimum Gasteiger partial charge on any atom is -0.476 e. The predicted octanol–water partition coefficient (Wildman–Crippen LogP) is 1.20. The topological polar surface area (TPSA) is 82.5 Å². The molecule has 1 amide bonds. The van der Waals surface area contributed by atoms with Gasteiger partial charge in [-0.15, -0.1) is 11.3 Å². The molecule has 3 rings (SSSR count). The summed E-state index contributed by atoms with van der Waals surface area (Å²) in [4.78, 5) is 29.2. The fourth-order valence-electron chi connectivity index (χ4n) is 3.09. The molecule has 0 radical (unpaired) electrons. The fraction of sp³-hybridized carbons (Fsp3) is 0.615. The van der Waals surface area contributed by atoms with E-state index in [1.54, 1.807) is 0 Å². The van der Waals surface area contributed by atoms with Gasteiger partial charge >= 0.3 is 5.97 Å². The second-order valence-electron chi connectivity index (χ2n) is 5.37. The molecule has 2 unspecified atom stereocenters. The van der Waals surface area contributed by atoms with Crippen molar-refractivity contribution in [2.24, 2.45) is 0 Å². The molecule has 2 aliphatic heterocycles. The lowest BCUT2D eigenvalue weighted by atomic mass is 9.97. The normalized spacial score (nSPS) is 26.2. The largest absolute Gasteiger partial charge is 0.476 e. The molecule has 20 heavy (non-hydrogen) atoms. The zero-order valence-electron chi connectivity index (χ0n) is 11.0. The summed E-state index contributed by atoms with van der Waals surface area (Å²) >= 11 is 0.984. The quantitative estimate of drug-likeness (QED) is 0.875. The van der Waals surface area contributed by atoms with Crippen LogP contribution in [0, 0.1) is 0 Å². The highest BCUT2D eigenvalue weighted by Gasteiger charge is 2.32. The summed E-state index contributed by atoms with van der Waals surface area (Å²) in [5.41, 5.74) is 0.209. The van der Waals surface area contributed by atoms with Crippen LogP contribution in [0.1, 0.15) is 46.0 Å². The molecule has 108 valence electrons. The predicted molar refractivity (Wildman–Crippen MR) is 74.2 cm³/mol. The van der Waals surface area contributed by atoms with Crippen LogP contribution in [-0.4, -0.2) is 52.0 Å². The summed E-state index contributed by atoms with van der Waals surface area (Å²) in [7, 11) is 0. The van der Waals surface area contributed by atoms with Gasteiger partial charge in [0.1, 0.15) is 5.69 Å². The van der Waals surface area contributed by atoms with Crippen LogP contribution in [0.3, 0.4) is 0 Å². The number of nitrogens with one attached hydrogen (secondary N) is 1. The van der Waals surface area contributed by atoms with Crippen molar-refractivity contribution < 1.29 is 14.7 Å². The van der Waals surface area contributed by atoms with Gasteiger partial charge < -0.3 is 15.3 Å². The third-order valence-electron chi connectivity index (χ3n) is 4.08. The number of piperidine rings is 1. The summed E-state index contributed by atoms with van der Waals surface area (Å²) in [6, 6.07) is 0.774. The van der Waals surface area contributed by atoms with Gasteiger partial charge in [0.05, 0.1) is 0 Å². The van der Waals surface area contributed by atoms with E-state index >= 15 is 0 Å². The second kappa shape index (κ2) is 5.49. The van der Waals surface area contributed by atoms with Crippen LogP contribution in [0.4, 0.5) is 0 Å². The van der Waals surface area contributed by atoms with Gasteiger partial charge in [-0.05, 0) is 32.2 Å². The summed E-state index contributed by atoms with van der Waals surface area (Å²) in [6.45, 7) is 2.21. The van der Waals surface area contributed by atoms with Gasteiger partial charge in [0.2, 0.25) is 5.01 Å². The van der Waals surface area contributed by atoms with Gasteiger partial charge in [0.25, 0.3) is 5.91 Å². The van der Waals surface area contributed by atoms with E-state index in [-0.39, 0.29) is 22.7 Å². The van der Waals surface area contributed by atoms with Crippen LogP contribution in [0.5, 0.6) is 0 Å². The molecule has 0 saturated carbocycles. The van der Waals surface area contributed by atoms with Crippen molar-refractivity contribution in [3.63, 3.8) is 0 Å². The first kappa shape index (κ1) is 13.5. The monoisotopic (exact) mass is 295 g/mol. The van der Waals surface area contributed by atoms with Crippen molar-refractivity contribution in [3.8, 4) is 0 Å². The van der Waals surface area contributed by atoms with E-state index in [1.807, 2.05) is 0 Å². The molecule has 0 bridgehead atoms. The number of carboxylic acid groups (broad SMARTS) is 1. The molecule has 2 N–H and O–H groups in total. The maximum atomic E-state index is 12.1. The lowest BCUT2D eigenvalue weighted by molar-refractivity contribution is 0.0696. The lowest BCUT2D eigenvalue weighted by Crippen LogP contribution is -2.47. The average molecular weight is 295 g/mol. The zero-order valence-corrected chi connectivity index (χ0v) is 11.9. The maximum absolute atomic E-state index is 12.1. The smallest absolute Gasteiger partial charge is 0.365 e. The SMILES string of the molecule is O=C(NC1CCN2CCCC2C1)c1csc(C(=O)O)n1. The summed E-state index contributed by atoms with van der Waals surface area (Å²) in [5, 5.41) is 13.3. The van der Waals surface area contributed by atoms with Gasteiger partial charge in [-0.25, -0.2) is 9.78 Å². The Kier molecular flexibility index (Phi) is 3.71. The Labute approximate surface area is 120 Å². The summed E-state index contributed by atoms with van der Waals surface area (Å²) in [6.07, 6.45) is 4.41. The highest BCUT2D eigenvalue weighted by molar-refractivity contribution is 7.11. The van der Waals surface area contributed by atoms with Gasteiger partial charge in [-0.3, -0.25) is 4.79 Å². The van der Waals surface area contributed by atoms with E-state index in [0.29, 0.717) is 6.04 Å². The Bertz CT molecular complexity index is 531. The molecule has 1 aromatic heterocycles. The first-order chi connectivity index (χ1) is 9.63. The van der Waals surface area contributed by atoms with Crippen molar-refractivity contribution in [3.05, 3.63) is 16.1 Å². The van der Waals surface area contributed by atoms with Crippen molar-refractivity contribution in [2.45, 2.75) is 37.8 Å². The minimum absolute atomic E-state index is 0.0410. The molecule has 2 aliphatic rings. The average Bonchev–Trinajstić information content (AvgIpc) is 3.07. The maximum Gasteiger partial charge on any atom is 0.365 e. The van der Waals surface area contributed by atoms with E-state index in [1.165, 1.54) is 24.8 Å². The molecule has 0 aromatic carbocycles. The number of carbonyl (C=O) groups excluding carboxylic acids is 1. The van der Waals surface area contributed by atoms with E-state index in [4.69, 9.17) is 5.11 Å². The fourth-order valence-corrected chi connectivity index (χ4v) is 3.73. The van der Waals surface area contributed by atoms with Crippen molar-refractivity contribution in [1.82, 2.24) is 15.2 Å². The number of aromatic nitrogens is 1. The molecule has 0 spiro atoms. The third-order valence-corrected chi connectivity index (χ3v) is 4.91. The first-order valence-electron chi connectivity index (χ1n) is 6.87. The highest BCUT2D eigenvalue weighted by Crippen LogP contribution is 2.27. The number of carboxylic acids is 1. The standard InChI is InChI=1S/C13H17N3O3S/c17-11(10-7-20-12(15-10)13(18)19)14-8-3-5-16-4-1-2-9(16)6-8/h7-9H,1-6H2,(H,14,17)(H,18,19). The Morgan fingerprint density at radius 1 is 1.40 bits per heavy atom. The molecule has 3 heterocycles. The van der Waals surface area contributed by atoms with Crippen LogP contribution < -0.4 is 5.32 Å². The molecule has 0 aliphatic carbocycles. The van der Waals surface area contributed by atoms with E-state index in [9.17, 15) is 9.59 Å². The van der Waals surface area contributed by atoms with Gasteiger partial charge in [0, 0.05) is 24.0 Å². The number of hydrogen-bond acceptors (Lipinski definition) is 5. The van der Waals surface area contributed by atoms with E-state index in [2.05, 4.69) is 15.2 Å². The molecule has 6 nitrogen and oxygen atoms in total. The van der Waals surface area contributed by atoms with Crippen LogP contribution in [-0.2, 0) is 0 Å². The minimum atomic E-state index is -1.09. The Morgan fingerprint density at radius 2 is 2.25 bits per heavy atom. The molecule has 2 saturated heterocycles. The van der Waals surface area contributed by atoms with Crippen LogP contribution in [0.2, 0.25) is 0 Å². The number of fused-ring (bicyclic) bond motifs is 1. The van der Waals surface area contributed by atoms with Crippen LogP contribution in [0.25, 0.3) is 0 Å². The van der Waals surface area contributed by atoms with Gasteiger partial charge in [-0.1, -0.05) is 0 Å². The number of amides is 1. The third kappa shape index (κ3) is 2.69. The van der Waals surface area contributed by atoms with Crippen molar-refractivity contribution in [1.29, 1.82) is 0 Å². The number of aromatic carboxylic acids is 1. The molecular formula is C13H17N3O3S. The Morgan fingerprint density at radius 3 is 3.00 bits per heavy atom. The van der Waals surface area contributed by atoms with Crippen molar-refractivity contribution in [2.75, 3.05) is 13.1 Å².